The molecule has 7 heteroatoms. The molecule has 0 spiro atoms. The molecule has 1 N–H and O–H groups in total. The third kappa shape index (κ3) is 2.94. The second-order valence-corrected chi connectivity index (χ2v) is 7.29. The maximum absolute atomic E-state index is 12.9. The van der Waals surface area contributed by atoms with Crippen molar-refractivity contribution < 1.29 is 4.79 Å². The molecule has 0 aliphatic heterocycles. The summed E-state index contributed by atoms with van der Waals surface area (Å²) in [5.74, 6) is 0.877. The molecule has 3 heterocycles. The molecule has 0 saturated heterocycles. The smallest absolute Gasteiger partial charge is 0.228 e. The zero-order valence-corrected chi connectivity index (χ0v) is 15.3. The SMILES string of the molecule is O=C(NCc1cccnc1-n1cnc2ccccc21)C1(Cn2ccnc2)CC1. The van der Waals surface area contributed by atoms with E-state index in [0.717, 1.165) is 35.3 Å². The van der Waals surface area contributed by atoms with E-state index >= 15 is 0 Å². The quantitative estimate of drug-likeness (QED) is 0.564. The Morgan fingerprint density at radius 1 is 1.07 bits per heavy atom. The van der Waals surface area contributed by atoms with E-state index in [0.29, 0.717) is 13.1 Å². The number of hydrogen-bond acceptors (Lipinski definition) is 4. The van der Waals surface area contributed by atoms with Crippen LogP contribution in [0.3, 0.4) is 0 Å². The van der Waals surface area contributed by atoms with E-state index in [2.05, 4.69) is 20.3 Å². The number of nitrogens with zero attached hydrogens (tertiary/aromatic N) is 5. The highest BCUT2D eigenvalue weighted by Crippen LogP contribution is 2.47. The van der Waals surface area contributed by atoms with Crippen LogP contribution in [0.1, 0.15) is 18.4 Å². The van der Waals surface area contributed by atoms with E-state index in [-0.39, 0.29) is 11.3 Å². The van der Waals surface area contributed by atoms with Gasteiger partial charge in [0.25, 0.3) is 0 Å². The number of hydrogen-bond donors (Lipinski definition) is 1. The van der Waals surface area contributed by atoms with Gasteiger partial charge in [0.15, 0.2) is 0 Å². The van der Waals surface area contributed by atoms with Gasteiger partial charge in [0.1, 0.15) is 12.1 Å². The van der Waals surface area contributed by atoms with Crippen LogP contribution in [0.25, 0.3) is 16.9 Å². The van der Waals surface area contributed by atoms with Crippen molar-refractivity contribution >= 4 is 16.9 Å². The lowest BCUT2D eigenvalue weighted by molar-refractivity contribution is -0.127. The molecule has 140 valence electrons. The van der Waals surface area contributed by atoms with E-state index in [9.17, 15) is 4.79 Å². The highest BCUT2D eigenvalue weighted by Gasteiger charge is 2.49. The van der Waals surface area contributed by atoms with Gasteiger partial charge in [0.05, 0.1) is 22.8 Å². The van der Waals surface area contributed by atoms with Crippen molar-refractivity contribution in [3.05, 3.63) is 73.2 Å². The van der Waals surface area contributed by atoms with Crippen LogP contribution in [0, 0.1) is 5.41 Å². The highest BCUT2D eigenvalue weighted by atomic mass is 16.2. The van der Waals surface area contributed by atoms with Gasteiger partial charge < -0.3 is 9.88 Å². The lowest BCUT2D eigenvalue weighted by Gasteiger charge is -2.17. The molecule has 0 atom stereocenters. The maximum atomic E-state index is 12.9. The number of imidazole rings is 2. The minimum atomic E-state index is -0.315. The molecule has 1 aliphatic carbocycles. The molecule has 0 bridgehead atoms. The first kappa shape index (κ1) is 16.7. The highest BCUT2D eigenvalue weighted by molar-refractivity contribution is 5.85. The average Bonchev–Trinajstić information content (AvgIpc) is 3.14. The number of pyridine rings is 1. The fourth-order valence-corrected chi connectivity index (χ4v) is 3.61. The molecular weight excluding hydrogens is 352 g/mol. The number of nitrogens with one attached hydrogen (secondary N) is 1. The fraction of sp³-hybridized carbons (Fsp3) is 0.238. The molecule has 1 fully saturated rings. The first-order valence-corrected chi connectivity index (χ1v) is 9.36. The second-order valence-electron chi connectivity index (χ2n) is 7.29. The van der Waals surface area contributed by atoms with Gasteiger partial charge in [-0.05, 0) is 31.0 Å². The third-order valence-corrected chi connectivity index (χ3v) is 5.37. The lowest BCUT2D eigenvalue weighted by Crippen LogP contribution is -2.34. The van der Waals surface area contributed by atoms with Crippen LogP contribution in [0.15, 0.2) is 67.6 Å². The van der Waals surface area contributed by atoms with E-state index < -0.39 is 0 Å². The number of aromatic nitrogens is 5. The topological polar surface area (TPSA) is 77.6 Å². The standard InChI is InChI=1S/C21H20N6O/c28-20(21(7-8-21)13-26-11-10-22-14-26)24-12-16-4-3-9-23-19(16)27-15-25-17-5-1-2-6-18(17)27/h1-6,9-11,14-15H,7-8,12-13H2,(H,24,28). The van der Waals surface area contributed by atoms with Crippen LogP contribution in [0.4, 0.5) is 0 Å². The summed E-state index contributed by atoms with van der Waals surface area (Å²) in [4.78, 5) is 25.9. The molecule has 7 nitrogen and oxygen atoms in total. The number of carbonyl (C=O) groups excluding carboxylic acids is 1. The van der Waals surface area contributed by atoms with Gasteiger partial charge in [-0.3, -0.25) is 9.36 Å². The minimum Gasteiger partial charge on any atom is -0.351 e. The third-order valence-electron chi connectivity index (χ3n) is 5.37. The van der Waals surface area contributed by atoms with Crippen LogP contribution < -0.4 is 5.32 Å². The monoisotopic (exact) mass is 372 g/mol. The van der Waals surface area contributed by atoms with Crippen LogP contribution >= 0.6 is 0 Å². The van der Waals surface area contributed by atoms with Crippen LogP contribution in [-0.2, 0) is 17.9 Å². The number of carbonyl (C=O) groups is 1. The molecule has 0 radical (unpaired) electrons. The van der Waals surface area contributed by atoms with Gasteiger partial charge in [0, 0.05) is 37.2 Å². The Balaban J connectivity index is 1.36. The van der Waals surface area contributed by atoms with Crippen molar-refractivity contribution in [2.75, 3.05) is 0 Å². The summed E-state index contributed by atoms with van der Waals surface area (Å²) in [5.41, 5.74) is 2.55. The summed E-state index contributed by atoms with van der Waals surface area (Å²) in [6, 6.07) is 11.8. The van der Waals surface area contributed by atoms with Crippen molar-refractivity contribution in [3.8, 4) is 5.82 Å². The molecule has 1 aromatic carbocycles. The largest absolute Gasteiger partial charge is 0.351 e. The molecule has 1 saturated carbocycles. The Morgan fingerprint density at radius 3 is 2.79 bits per heavy atom. The van der Waals surface area contributed by atoms with Crippen molar-refractivity contribution in [3.63, 3.8) is 0 Å². The molecule has 1 amide bonds. The number of fused-ring (bicyclic) bond motifs is 1. The number of para-hydroxylation sites is 2. The Bertz CT molecular complexity index is 1130. The van der Waals surface area contributed by atoms with Gasteiger partial charge in [-0.15, -0.1) is 0 Å². The van der Waals surface area contributed by atoms with Gasteiger partial charge >= 0.3 is 0 Å². The summed E-state index contributed by atoms with van der Waals surface area (Å²) in [7, 11) is 0. The average molecular weight is 372 g/mol. The van der Waals surface area contributed by atoms with Gasteiger partial charge in [0.2, 0.25) is 5.91 Å². The second kappa shape index (κ2) is 6.60. The predicted molar refractivity (Wildman–Crippen MR) is 105 cm³/mol. The van der Waals surface area contributed by atoms with Crippen LogP contribution in [0.5, 0.6) is 0 Å². The van der Waals surface area contributed by atoms with E-state index in [4.69, 9.17) is 0 Å². The Labute approximate surface area is 162 Å². The van der Waals surface area contributed by atoms with Crippen LogP contribution in [0.2, 0.25) is 0 Å². The maximum Gasteiger partial charge on any atom is 0.228 e. The molecule has 1 aliphatic rings. The fourth-order valence-electron chi connectivity index (χ4n) is 3.61. The Hall–Kier alpha value is -3.48. The first-order valence-electron chi connectivity index (χ1n) is 9.36. The summed E-state index contributed by atoms with van der Waals surface area (Å²) in [5, 5.41) is 3.12. The lowest BCUT2D eigenvalue weighted by atomic mass is 10.1. The van der Waals surface area contributed by atoms with E-state index in [1.807, 2.05) is 51.7 Å². The van der Waals surface area contributed by atoms with Crippen molar-refractivity contribution in [2.24, 2.45) is 5.41 Å². The first-order chi connectivity index (χ1) is 13.8. The van der Waals surface area contributed by atoms with Crippen molar-refractivity contribution in [1.82, 2.24) is 29.4 Å². The van der Waals surface area contributed by atoms with Gasteiger partial charge in [-0.1, -0.05) is 18.2 Å². The van der Waals surface area contributed by atoms with Crippen molar-refractivity contribution in [2.45, 2.75) is 25.9 Å². The summed E-state index contributed by atoms with van der Waals surface area (Å²) in [6.07, 6.45) is 10.8. The molecular formula is C21H20N6O. The number of amides is 1. The molecule has 3 aromatic heterocycles. The number of rotatable bonds is 6. The van der Waals surface area contributed by atoms with Crippen molar-refractivity contribution in [1.29, 1.82) is 0 Å². The molecule has 28 heavy (non-hydrogen) atoms. The zero-order valence-electron chi connectivity index (χ0n) is 15.3. The van der Waals surface area contributed by atoms with Gasteiger partial charge in [-0.25, -0.2) is 15.0 Å². The molecule has 4 aromatic rings. The molecule has 5 rings (SSSR count). The predicted octanol–water partition coefficient (Wildman–Crippen LogP) is 2.71. The van der Waals surface area contributed by atoms with E-state index in [1.165, 1.54) is 0 Å². The Kier molecular flexibility index (Phi) is 3.93. The summed E-state index contributed by atoms with van der Waals surface area (Å²) < 4.78 is 3.94. The summed E-state index contributed by atoms with van der Waals surface area (Å²) >= 11 is 0. The normalized spacial score (nSPS) is 14.9. The zero-order chi connectivity index (χ0) is 19.0. The van der Waals surface area contributed by atoms with Crippen LogP contribution in [-0.4, -0.2) is 30.0 Å². The number of benzene rings is 1. The van der Waals surface area contributed by atoms with E-state index in [1.54, 1.807) is 25.0 Å². The molecule has 0 unspecified atom stereocenters. The minimum absolute atomic E-state index is 0.0893. The Morgan fingerprint density at radius 2 is 1.96 bits per heavy atom. The van der Waals surface area contributed by atoms with Gasteiger partial charge in [-0.2, -0.15) is 0 Å². The summed E-state index contributed by atoms with van der Waals surface area (Å²) in [6.45, 7) is 1.10.